The van der Waals surface area contributed by atoms with Crippen LogP contribution in [0.15, 0.2) is 41.3 Å². The molecule has 0 aromatic heterocycles. The second-order valence-corrected chi connectivity index (χ2v) is 8.45. The standard InChI is InChI=1S/C20H17N5O8S2/c1-32-15-6-3-11(7-16(15)33-2)8-17-19(27)23(20(34)35-17)10-18(26)22-21-13-5-4-12(24(28)29)9-14(13)25(30)31/h3-9,21H,10H2,1-2H3,(H,22,26)/b17-8-. The number of hydrogen-bond donors (Lipinski definition) is 2. The number of ether oxygens (including phenoxy) is 2. The molecule has 15 heteroatoms. The quantitative estimate of drug-likeness (QED) is 0.216. The topological polar surface area (TPSA) is 166 Å². The Morgan fingerprint density at radius 3 is 2.46 bits per heavy atom. The predicted molar refractivity (Wildman–Crippen MR) is 131 cm³/mol. The minimum atomic E-state index is -0.831. The first-order chi connectivity index (χ1) is 16.6. The number of methoxy groups -OCH3 is 2. The summed E-state index contributed by atoms with van der Waals surface area (Å²) < 4.78 is 10.6. The first-order valence-corrected chi connectivity index (χ1v) is 10.8. The largest absolute Gasteiger partial charge is 0.493 e. The van der Waals surface area contributed by atoms with Gasteiger partial charge in [-0.05, 0) is 29.8 Å². The molecule has 2 amide bonds. The van der Waals surface area contributed by atoms with E-state index in [-0.39, 0.29) is 14.9 Å². The number of nitrogens with one attached hydrogen (secondary N) is 2. The molecule has 0 radical (unpaired) electrons. The number of carbonyl (C=O) groups is 2. The Morgan fingerprint density at radius 2 is 1.83 bits per heavy atom. The van der Waals surface area contributed by atoms with Crippen LogP contribution in [0, 0.1) is 20.2 Å². The van der Waals surface area contributed by atoms with Gasteiger partial charge in [-0.25, -0.2) is 0 Å². The van der Waals surface area contributed by atoms with Gasteiger partial charge >= 0.3 is 5.69 Å². The summed E-state index contributed by atoms with van der Waals surface area (Å²) in [6.07, 6.45) is 1.59. The first kappa shape index (κ1) is 25.4. The number of non-ortho nitro benzene ring substituents is 1. The van der Waals surface area contributed by atoms with Crippen LogP contribution in [0.1, 0.15) is 5.56 Å². The number of thiocarbonyl (C=S) groups is 1. The number of rotatable bonds is 9. The number of hydrazine groups is 1. The van der Waals surface area contributed by atoms with Gasteiger partial charge in [0.25, 0.3) is 17.5 Å². The monoisotopic (exact) mass is 519 g/mol. The predicted octanol–water partition coefficient (Wildman–Crippen LogP) is 2.86. The number of carbonyl (C=O) groups excluding carboxylic acids is 2. The van der Waals surface area contributed by atoms with E-state index in [1.165, 1.54) is 14.2 Å². The lowest BCUT2D eigenvalue weighted by Crippen LogP contribution is -2.41. The van der Waals surface area contributed by atoms with E-state index in [4.69, 9.17) is 21.7 Å². The number of hydrogen-bond acceptors (Lipinski definition) is 11. The van der Waals surface area contributed by atoms with Gasteiger partial charge in [-0.1, -0.05) is 30.0 Å². The summed E-state index contributed by atoms with van der Waals surface area (Å²) in [5.74, 6) is -0.218. The van der Waals surface area contributed by atoms with Crippen LogP contribution in [0.3, 0.4) is 0 Å². The van der Waals surface area contributed by atoms with Crippen molar-refractivity contribution in [2.45, 2.75) is 0 Å². The molecule has 13 nitrogen and oxygen atoms in total. The summed E-state index contributed by atoms with van der Waals surface area (Å²) in [6, 6.07) is 7.97. The molecule has 0 spiro atoms. The Labute approximate surface area is 207 Å². The highest BCUT2D eigenvalue weighted by Gasteiger charge is 2.33. The molecule has 3 rings (SSSR count). The number of nitro groups is 2. The van der Waals surface area contributed by atoms with Crippen LogP contribution in [-0.4, -0.2) is 51.6 Å². The van der Waals surface area contributed by atoms with E-state index >= 15 is 0 Å². The van der Waals surface area contributed by atoms with E-state index in [2.05, 4.69) is 10.9 Å². The van der Waals surface area contributed by atoms with Gasteiger partial charge in [0, 0.05) is 6.07 Å². The van der Waals surface area contributed by atoms with Crippen molar-refractivity contribution >= 4 is 63.3 Å². The molecule has 1 saturated heterocycles. The summed E-state index contributed by atoms with van der Waals surface area (Å²) in [6.45, 7) is -0.457. The highest BCUT2D eigenvalue weighted by Crippen LogP contribution is 2.34. The van der Waals surface area contributed by atoms with E-state index in [1.54, 1.807) is 24.3 Å². The highest BCUT2D eigenvalue weighted by atomic mass is 32.2. The SMILES string of the molecule is COc1ccc(/C=C2\SC(=S)N(CC(=O)NNc3ccc([N+](=O)[O-])cc3[N+](=O)[O-])C2=O)cc1OC. The highest BCUT2D eigenvalue weighted by molar-refractivity contribution is 8.26. The normalized spacial score (nSPS) is 14.1. The maximum absolute atomic E-state index is 12.8. The second-order valence-electron chi connectivity index (χ2n) is 6.77. The fourth-order valence-corrected chi connectivity index (χ4v) is 4.20. The zero-order valence-corrected chi connectivity index (χ0v) is 19.8. The van der Waals surface area contributed by atoms with Gasteiger partial charge in [-0.2, -0.15) is 0 Å². The molecule has 0 atom stereocenters. The van der Waals surface area contributed by atoms with Crippen LogP contribution < -0.4 is 20.3 Å². The average Bonchev–Trinajstić information content (AvgIpc) is 3.09. The molecule has 35 heavy (non-hydrogen) atoms. The molecule has 2 N–H and O–H groups in total. The number of amides is 2. The zero-order valence-electron chi connectivity index (χ0n) is 18.2. The molecular weight excluding hydrogens is 502 g/mol. The Morgan fingerprint density at radius 1 is 1.11 bits per heavy atom. The van der Waals surface area contributed by atoms with E-state index < -0.39 is 39.6 Å². The molecule has 1 heterocycles. The molecular formula is C20H17N5O8S2. The maximum atomic E-state index is 12.8. The van der Waals surface area contributed by atoms with Crippen LogP contribution in [-0.2, 0) is 9.59 Å². The number of nitro benzene ring substituents is 2. The van der Waals surface area contributed by atoms with Gasteiger partial charge in [0.05, 0.1) is 35.0 Å². The summed E-state index contributed by atoms with van der Waals surface area (Å²) in [5.41, 5.74) is 3.97. The van der Waals surface area contributed by atoms with Crippen molar-refractivity contribution in [3.63, 3.8) is 0 Å². The van der Waals surface area contributed by atoms with Crippen LogP contribution in [0.25, 0.3) is 6.08 Å². The fraction of sp³-hybridized carbons (Fsp3) is 0.150. The van der Waals surface area contributed by atoms with Crippen LogP contribution in [0.4, 0.5) is 17.1 Å². The lowest BCUT2D eigenvalue weighted by atomic mass is 10.2. The minimum Gasteiger partial charge on any atom is -0.493 e. The second kappa shape index (κ2) is 10.8. The van der Waals surface area contributed by atoms with Gasteiger partial charge in [0.1, 0.15) is 16.6 Å². The van der Waals surface area contributed by atoms with Crippen molar-refractivity contribution in [2.24, 2.45) is 0 Å². The third-order valence-corrected chi connectivity index (χ3v) is 5.98. The smallest absolute Gasteiger partial charge is 0.300 e. The van der Waals surface area contributed by atoms with Gasteiger partial charge in [0.2, 0.25) is 0 Å². The van der Waals surface area contributed by atoms with Gasteiger partial charge in [-0.3, -0.25) is 45.6 Å². The molecule has 0 aliphatic carbocycles. The molecule has 1 aliphatic rings. The van der Waals surface area contributed by atoms with Gasteiger partial charge in [0.15, 0.2) is 11.5 Å². The molecule has 1 fully saturated rings. The number of benzene rings is 2. The zero-order chi connectivity index (χ0) is 25.7. The summed E-state index contributed by atoms with van der Waals surface area (Å²) in [4.78, 5) is 47.0. The number of thioether (sulfide) groups is 1. The summed E-state index contributed by atoms with van der Waals surface area (Å²) in [7, 11) is 2.99. The Bertz CT molecular complexity index is 1270. The number of nitrogens with zero attached hydrogens (tertiary/aromatic N) is 3. The molecule has 2 aromatic rings. The van der Waals surface area contributed by atoms with Crippen molar-refractivity contribution < 1.29 is 28.9 Å². The van der Waals surface area contributed by atoms with Crippen molar-refractivity contribution in [3.8, 4) is 11.5 Å². The molecule has 182 valence electrons. The molecule has 0 unspecified atom stereocenters. The van der Waals surface area contributed by atoms with Gasteiger partial charge in [-0.15, -0.1) is 0 Å². The lowest BCUT2D eigenvalue weighted by molar-refractivity contribution is -0.393. The molecule has 2 aromatic carbocycles. The van der Waals surface area contributed by atoms with Crippen molar-refractivity contribution in [2.75, 3.05) is 26.2 Å². The third-order valence-electron chi connectivity index (χ3n) is 4.61. The average molecular weight is 520 g/mol. The molecule has 0 saturated carbocycles. The lowest BCUT2D eigenvalue weighted by Gasteiger charge is -2.15. The summed E-state index contributed by atoms with van der Waals surface area (Å²) >= 11 is 6.23. The van der Waals surface area contributed by atoms with Crippen molar-refractivity contribution in [1.29, 1.82) is 0 Å². The van der Waals surface area contributed by atoms with E-state index in [9.17, 15) is 29.8 Å². The first-order valence-electron chi connectivity index (χ1n) is 9.59. The van der Waals surface area contributed by atoms with Crippen molar-refractivity contribution in [1.82, 2.24) is 10.3 Å². The third kappa shape index (κ3) is 5.82. The van der Waals surface area contributed by atoms with E-state index in [0.29, 0.717) is 17.1 Å². The van der Waals surface area contributed by atoms with Gasteiger partial charge < -0.3 is 9.47 Å². The fourth-order valence-electron chi connectivity index (χ4n) is 2.94. The molecule has 1 aliphatic heterocycles. The Kier molecular flexibility index (Phi) is 7.83. The van der Waals surface area contributed by atoms with Crippen molar-refractivity contribution in [3.05, 3.63) is 67.1 Å². The van der Waals surface area contributed by atoms with Crippen LogP contribution in [0.5, 0.6) is 11.5 Å². The van der Waals surface area contributed by atoms with Crippen LogP contribution >= 0.6 is 24.0 Å². The summed E-state index contributed by atoms with van der Waals surface area (Å²) in [5, 5.41) is 22.0. The minimum absolute atomic E-state index is 0.151. The van der Waals surface area contributed by atoms with E-state index in [1.807, 2.05) is 0 Å². The molecule has 0 bridgehead atoms. The Hall–Kier alpha value is -4.24. The number of anilines is 1. The Balaban J connectivity index is 1.68. The maximum Gasteiger partial charge on any atom is 0.300 e. The van der Waals surface area contributed by atoms with Crippen LogP contribution in [0.2, 0.25) is 0 Å². The van der Waals surface area contributed by atoms with E-state index in [0.717, 1.165) is 34.9 Å².